The van der Waals surface area contributed by atoms with E-state index in [0.717, 1.165) is 11.1 Å². The summed E-state index contributed by atoms with van der Waals surface area (Å²) in [5, 5.41) is 15.9. The van der Waals surface area contributed by atoms with Crippen LogP contribution in [0.25, 0.3) is 0 Å². The molecule has 1 unspecified atom stereocenters. The average Bonchev–Trinajstić information content (AvgIpc) is 2.70. The Bertz CT molecular complexity index is 1030. The molecule has 0 fully saturated rings. The molecule has 6 nitrogen and oxygen atoms in total. The molecule has 1 N–H and O–H groups in total. The summed E-state index contributed by atoms with van der Waals surface area (Å²) < 4.78 is 1.27. The highest BCUT2D eigenvalue weighted by Gasteiger charge is 2.14. The van der Waals surface area contributed by atoms with Crippen molar-refractivity contribution in [3.63, 3.8) is 0 Å². The van der Waals surface area contributed by atoms with E-state index in [-0.39, 0.29) is 23.2 Å². The number of carbonyl (C=O) groups is 1. The molecule has 1 amide bonds. The molecule has 0 radical (unpaired) electrons. The van der Waals surface area contributed by atoms with E-state index in [1.54, 1.807) is 24.3 Å². The zero-order valence-corrected chi connectivity index (χ0v) is 14.8. The first-order chi connectivity index (χ1) is 13.1. The number of nitrogens with zero attached hydrogens (tertiary/aromatic N) is 3. The summed E-state index contributed by atoms with van der Waals surface area (Å²) in [7, 11) is 0. The second-order valence-electron chi connectivity index (χ2n) is 6.13. The van der Waals surface area contributed by atoms with E-state index < -0.39 is 0 Å². The van der Waals surface area contributed by atoms with Crippen molar-refractivity contribution in [2.45, 2.75) is 19.5 Å². The standard InChI is InChI=1S/C21H18N4O2/c1-15(18-9-7-16(13-22)8-10-18)23-21(27)19-11-12-20(26)25(24-19)14-17-5-3-2-4-6-17/h2-12,15H,14H2,1H3,(H,23,27). The zero-order chi connectivity index (χ0) is 19.2. The van der Waals surface area contributed by atoms with Crippen LogP contribution in [0.3, 0.4) is 0 Å². The second kappa shape index (κ2) is 8.11. The number of amides is 1. The molecule has 0 saturated carbocycles. The van der Waals surface area contributed by atoms with Crippen LogP contribution in [-0.2, 0) is 6.54 Å². The first-order valence-electron chi connectivity index (χ1n) is 8.50. The number of carbonyl (C=O) groups excluding carboxylic acids is 1. The predicted octanol–water partition coefficient (Wildman–Crippen LogP) is 2.65. The molecule has 1 atom stereocenters. The maximum absolute atomic E-state index is 12.5. The van der Waals surface area contributed by atoms with Crippen LogP contribution in [0.5, 0.6) is 0 Å². The summed E-state index contributed by atoms with van der Waals surface area (Å²) >= 11 is 0. The van der Waals surface area contributed by atoms with Crippen molar-refractivity contribution >= 4 is 5.91 Å². The highest BCUT2D eigenvalue weighted by molar-refractivity contribution is 5.92. The molecule has 2 aromatic carbocycles. The maximum Gasteiger partial charge on any atom is 0.272 e. The van der Waals surface area contributed by atoms with Gasteiger partial charge in [0.15, 0.2) is 0 Å². The molecule has 27 heavy (non-hydrogen) atoms. The monoisotopic (exact) mass is 358 g/mol. The van der Waals surface area contributed by atoms with E-state index in [2.05, 4.69) is 16.5 Å². The van der Waals surface area contributed by atoms with E-state index >= 15 is 0 Å². The van der Waals surface area contributed by atoms with Crippen molar-refractivity contribution in [1.29, 1.82) is 5.26 Å². The Labute approximate surface area is 156 Å². The molecular weight excluding hydrogens is 340 g/mol. The molecule has 1 heterocycles. The van der Waals surface area contributed by atoms with Gasteiger partial charge in [-0.3, -0.25) is 9.59 Å². The lowest BCUT2D eigenvalue weighted by atomic mass is 10.1. The quantitative estimate of drug-likeness (QED) is 0.759. The molecule has 0 spiro atoms. The third-order valence-corrected chi connectivity index (χ3v) is 4.16. The molecule has 0 aliphatic carbocycles. The fourth-order valence-corrected chi connectivity index (χ4v) is 2.64. The lowest BCUT2D eigenvalue weighted by Gasteiger charge is -2.14. The number of rotatable bonds is 5. The Morgan fingerprint density at radius 2 is 1.81 bits per heavy atom. The molecule has 0 aliphatic rings. The summed E-state index contributed by atoms with van der Waals surface area (Å²) in [6.07, 6.45) is 0. The molecule has 3 rings (SSSR count). The van der Waals surface area contributed by atoms with Gasteiger partial charge in [0.2, 0.25) is 0 Å². The highest BCUT2D eigenvalue weighted by Crippen LogP contribution is 2.13. The number of nitrogens with one attached hydrogen (secondary N) is 1. The van der Waals surface area contributed by atoms with Gasteiger partial charge in [0, 0.05) is 6.07 Å². The topological polar surface area (TPSA) is 87.8 Å². The van der Waals surface area contributed by atoms with Gasteiger partial charge in [0.25, 0.3) is 11.5 Å². The Balaban J connectivity index is 1.75. The summed E-state index contributed by atoms with van der Waals surface area (Å²) in [6, 6.07) is 21.0. The van der Waals surface area contributed by atoms with E-state index in [4.69, 9.17) is 5.26 Å². The molecule has 6 heteroatoms. The van der Waals surface area contributed by atoms with Crippen molar-refractivity contribution in [3.8, 4) is 6.07 Å². The molecule has 1 aromatic heterocycles. The van der Waals surface area contributed by atoms with E-state index in [1.807, 2.05) is 37.3 Å². The normalized spacial score (nSPS) is 11.4. The molecule has 0 bridgehead atoms. The SMILES string of the molecule is CC(NC(=O)c1ccc(=O)n(Cc2ccccc2)n1)c1ccc(C#N)cc1. The fraction of sp³-hybridized carbons (Fsp3) is 0.143. The number of hydrogen-bond acceptors (Lipinski definition) is 4. The largest absolute Gasteiger partial charge is 0.344 e. The molecule has 0 aliphatic heterocycles. The number of benzene rings is 2. The molecular formula is C21H18N4O2. The zero-order valence-electron chi connectivity index (χ0n) is 14.8. The van der Waals surface area contributed by atoms with Crippen LogP contribution in [0.15, 0.2) is 71.5 Å². The number of hydrogen-bond donors (Lipinski definition) is 1. The Hall–Kier alpha value is -3.72. The van der Waals surface area contributed by atoms with Gasteiger partial charge in [0.05, 0.1) is 24.2 Å². The minimum atomic E-state index is -0.367. The molecule has 0 saturated heterocycles. The van der Waals surface area contributed by atoms with Crippen molar-refractivity contribution in [2.24, 2.45) is 0 Å². The van der Waals surface area contributed by atoms with Crippen molar-refractivity contribution in [3.05, 3.63) is 99.5 Å². The predicted molar refractivity (Wildman–Crippen MR) is 101 cm³/mol. The van der Waals surface area contributed by atoms with Crippen LogP contribution < -0.4 is 10.9 Å². The van der Waals surface area contributed by atoms with Crippen LogP contribution in [0, 0.1) is 11.3 Å². The van der Waals surface area contributed by atoms with Crippen molar-refractivity contribution in [1.82, 2.24) is 15.1 Å². The highest BCUT2D eigenvalue weighted by atomic mass is 16.2. The van der Waals surface area contributed by atoms with E-state index in [0.29, 0.717) is 12.1 Å². The van der Waals surface area contributed by atoms with Gasteiger partial charge in [0.1, 0.15) is 5.69 Å². The van der Waals surface area contributed by atoms with E-state index in [9.17, 15) is 9.59 Å². The van der Waals surface area contributed by atoms with Crippen molar-refractivity contribution in [2.75, 3.05) is 0 Å². The molecule has 134 valence electrons. The van der Waals surface area contributed by atoms with Gasteiger partial charge in [-0.2, -0.15) is 10.4 Å². The van der Waals surface area contributed by atoms with Crippen LogP contribution in [-0.4, -0.2) is 15.7 Å². The minimum absolute atomic E-state index is 0.172. The average molecular weight is 358 g/mol. The van der Waals surface area contributed by atoms with Crippen LogP contribution in [0.2, 0.25) is 0 Å². The van der Waals surface area contributed by atoms with Gasteiger partial charge in [-0.1, -0.05) is 42.5 Å². The summed E-state index contributed by atoms with van der Waals surface area (Å²) in [4.78, 5) is 24.6. The van der Waals surface area contributed by atoms with Gasteiger partial charge in [-0.15, -0.1) is 0 Å². The van der Waals surface area contributed by atoms with E-state index in [1.165, 1.54) is 16.8 Å². The smallest absolute Gasteiger partial charge is 0.272 e. The number of aromatic nitrogens is 2. The van der Waals surface area contributed by atoms with Gasteiger partial charge in [-0.25, -0.2) is 4.68 Å². The first-order valence-corrected chi connectivity index (χ1v) is 8.50. The fourth-order valence-electron chi connectivity index (χ4n) is 2.64. The van der Waals surface area contributed by atoms with Gasteiger partial charge in [-0.05, 0) is 36.2 Å². The maximum atomic E-state index is 12.5. The second-order valence-corrected chi connectivity index (χ2v) is 6.13. The third-order valence-electron chi connectivity index (χ3n) is 4.16. The van der Waals surface area contributed by atoms with Gasteiger partial charge >= 0.3 is 0 Å². The Morgan fingerprint density at radius 1 is 1.11 bits per heavy atom. The lowest BCUT2D eigenvalue weighted by Crippen LogP contribution is -2.31. The summed E-state index contributed by atoms with van der Waals surface area (Å²) in [6.45, 7) is 2.14. The third kappa shape index (κ3) is 4.47. The summed E-state index contributed by atoms with van der Waals surface area (Å²) in [5.41, 5.74) is 2.27. The van der Waals surface area contributed by atoms with Crippen LogP contribution >= 0.6 is 0 Å². The van der Waals surface area contributed by atoms with Gasteiger partial charge < -0.3 is 5.32 Å². The summed E-state index contributed by atoms with van der Waals surface area (Å²) in [5.74, 6) is -0.367. The molecule has 3 aromatic rings. The lowest BCUT2D eigenvalue weighted by molar-refractivity contribution is 0.0932. The van der Waals surface area contributed by atoms with Crippen LogP contribution in [0.1, 0.15) is 40.1 Å². The van der Waals surface area contributed by atoms with Crippen LogP contribution in [0.4, 0.5) is 0 Å². The first kappa shape index (κ1) is 18.1. The number of nitriles is 1. The van der Waals surface area contributed by atoms with Crippen molar-refractivity contribution < 1.29 is 4.79 Å². The Kier molecular flexibility index (Phi) is 5.43. The Morgan fingerprint density at radius 3 is 2.48 bits per heavy atom. The minimum Gasteiger partial charge on any atom is -0.344 e.